The number of aromatic nitrogens is 2. The molecule has 0 fully saturated rings. The van der Waals surface area contributed by atoms with E-state index in [1.807, 2.05) is 24.3 Å². The van der Waals surface area contributed by atoms with Crippen molar-refractivity contribution in [3.8, 4) is 0 Å². The molecule has 1 atom stereocenters. The van der Waals surface area contributed by atoms with Gasteiger partial charge in [0.1, 0.15) is 0 Å². The van der Waals surface area contributed by atoms with E-state index in [0.717, 1.165) is 18.3 Å². The highest BCUT2D eigenvalue weighted by atomic mass is 32.2. The number of aliphatic imine (C=N–C) groups is 1. The molecular weight excluding hydrogens is 208 g/mol. The summed E-state index contributed by atoms with van der Waals surface area (Å²) in [5, 5.41) is 4.51. The molecule has 0 saturated heterocycles. The SMILES string of the molecule is CC(Cn1ccnc1)NC1=NCCCS1. The second-order valence-corrected chi connectivity index (χ2v) is 4.78. The fourth-order valence-corrected chi connectivity index (χ4v) is 2.45. The van der Waals surface area contributed by atoms with Crippen LogP contribution in [-0.4, -0.2) is 33.1 Å². The van der Waals surface area contributed by atoms with Crippen LogP contribution in [0.2, 0.25) is 0 Å². The number of rotatable bonds is 3. The Morgan fingerprint density at radius 2 is 2.60 bits per heavy atom. The van der Waals surface area contributed by atoms with Crippen LogP contribution in [0.3, 0.4) is 0 Å². The second-order valence-electron chi connectivity index (χ2n) is 3.69. The van der Waals surface area contributed by atoms with Crippen molar-refractivity contribution in [2.45, 2.75) is 25.9 Å². The molecule has 5 heteroatoms. The van der Waals surface area contributed by atoms with Gasteiger partial charge in [0.05, 0.1) is 6.33 Å². The molecule has 82 valence electrons. The molecule has 1 N–H and O–H groups in total. The summed E-state index contributed by atoms with van der Waals surface area (Å²) in [6.07, 6.45) is 6.83. The minimum absolute atomic E-state index is 0.392. The third kappa shape index (κ3) is 3.27. The molecule has 1 unspecified atom stereocenters. The van der Waals surface area contributed by atoms with E-state index >= 15 is 0 Å². The zero-order valence-corrected chi connectivity index (χ0v) is 9.70. The van der Waals surface area contributed by atoms with Gasteiger partial charge in [0.2, 0.25) is 0 Å². The third-order valence-corrected chi connectivity index (χ3v) is 3.22. The van der Waals surface area contributed by atoms with E-state index in [0.29, 0.717) is 6.04 Å². The summed E-state index contributed by atoms with van der Waals surface area (Å²) in [6.45, 7) is 4.06. The average molecular weight is 224 g/mol. The van der Waals surface area contributed by atoms with Crippen molar-refractivity contribution in [1.82, 2.24) is 14.9 Å². The van der Waals surface area contributed by atoms with Gasteiger partial charge >= 0.3 is 0 Å². The average Bonchev–Trinajstić information content (AvgIpc) is 2.71. The van der Waals surface area contributed by atoms with Crippen molar-refractivity contribution in [1.29, 1.82) is 0 Å². The topological polar surface area (TPSA) is 42.2 Å². The van der Waals surface area contributed by atoms with E-state index in [4.69, 9.17) is 0 Å². The van der Waals surface area contributed by atoms with E-state index in [1.54, 1.807) is 6.20 Å². The van der Waals surface area contributed by atoms with Crippen LogP contribution in [0, 0.1) is 0 Å². The number of thioether (sulfide) groups is 1. The molecule has 0 saturated carbocycles. The summed E-state index contributed by atoms with van der Waals surface area (Å²) in [5.74, 6) is 1.18. The predicted molar refractivity (Wildman–Crippen MR) is 64.2 cm³/mol. The zero-order valence-electron chi connectivity index (χ0n) is 8.89. The van der Waals surface area contributed by atoms with Crippen LogP contribution in [0.5, 0.6) is 0 Å². The highest BCUT2D eigenvalue weighted by molar-refractivity contribution is 8.13. The Balaban J connectivity index is 1.81. The van der Waals surface area contributed by atoms with E-state index < -0.39 is 0 Å². The first kappa shape index (κ1) is 10.5. The van der Waals surface area contributed by atoms with Crippen molar-refractivity contribution in [2.24, 2.45) is 4.99 Å². The van der Waals surface area contributed by atoms with Gasteiger partial charge in [0.15, 0.2) is 5.17 Å². The summed E-state index contributed by atoms with van der Waals surface area (Å²) < 4.78 is 2.08. The number of imidazole rings is 1. The normalized spacial score (nSPS) is 18.3. The van der Waals surface area contributed by atoms with Crippen LogP contribution in [0.1, 0.15) is 13.3 Å². The van der Waals surface area contributed by atoms with Gasteiger partial charge in [-0.1, -0.05) is 11.8 Å². The number of hydrogen-bond donors (Lipinski definition) is 1. The minimum Gasteiger partial charge on any atom is -0.361 e. The summed E-state index contributed by atoms with van der Waals surface area (Å²) in [4.78, 5) is 8.46. The maximum absolute atomic E-state index is 4.44. The summed E-state index contributed by atoms with van der Waals surface area (Å²) in [5.41, 5.74) is 0. The Morgan fingerprint density at radius 3 is 3.27 bits per heavy atom. The Kier molecular flexibility index (Phi) is 3.66. The Morgan fingerprint density at radius 1 is 1.67 bits per heavy atom. The third-order valence-electron chi connectivity index (χ3n) is 2.21. The quantitative estimate of drug-likeness (QED) is 0.843. The maximum atomic E-state index is 4.44. The fraction of sp³-hybridized carbons (Fsp3) is 0.600. The van der Waals surface area contributed by atoms with Crippen molar-refractivity contribution >= 4 is 16.9 Å². The number of nitrogens with zero attached hydrogens (tertiary/aromatic N) is 3. The van der Waals surface area contributed by atoms with Gasteiger partial charge in [-0.2, -0.15) is 0 Å². The molecule has 1 aliphatic rings. The Labute approximate surface area is 94.2 Å². The molecular formula is C10H16N4S. The molecule has 15 heavy (non-hydrogen) atoms. The zero-order chi connectivity index (χ0) is 10.5. The molecule has 2 rings (SSSR count). The van der Waals surface area contributed by atoms with Crippen LogP contribution < -0.4 is 5.32 Å². The first-order valence-electron chi connectivity index (χ1n) is 5.24. The van der Waals surface area contributed by atoms with Gasteiger partial charge in [-0.25, -0.2) is 4.98 Å². The van der Waals surface area contributed by atoms with Gasteiger partial charge in [-0.15, -0.1) is 0 Å². The molecule has 4 nitrogen and oxygen atoms in total. The summed E-state index contributed by atoms with van der Waals surface area (Å²) in [6, 6.07) is 0.392. The van der Waals surface area contributed by atoms with Crippen LogP contribution in [0.15, 0.2) is 23.7 Å². The standard InChI is InChI=1S/C10H16N4S/c1-9(7-14-5-4-11-8-14)13-10-12-3-2-6-15-10/h4-5,8-9H,2-3,6-7H2,1H3,(H,12,13). The van der Waals surface area contributed by atoms with E-state index in [2.05, 4.69) is 26.8 Å². The maximum Gasteiger partial charge on any atom is 0.156 e. The van der Waals surface area contributed by atoms with Gasteiger partial charge in [0, 0.05) is 37.3 Å². The lowest BCUT2D eigenvalue weighted by atomic mass is 10.3. The molecule has 0 aromatic carbocycles. The monoisotopic (exact) mass is 224 g/mol. The molecule has 0 spiro atoms. The molecule has 0 radical (unpaired) electrons. The lowest BCUT2D eigenvalue weighted by molar-refractivity contribution is 0.547. The first-order chi connectivity index (χ1) is 7.34. The van der Waals surface area contributed by atoms with Gasteiger partial charge in [0.25, 0.3) is 0 Å². The van der Waals surface area contributed by atoms with Gasteiger partial charge in [-0.05, 0) is 13.3 Å². The predicted octanol–water partition coefficient (Wildman–Crippen LogP) is 1.35. The summed E-state index contributed by atoms with van der Waals surface area (Å²) in [7, 11) is 0. The Hall–Kier alpha value is -0.970. The van der Waals surface area contributed by atoms with Crippen LogP contribution >= 0.6 is 11.8 Å². The largest absolute Gasteiger partial charge is 0.361 e. The molecule has 1 aromatic rings. The van der Waals surface area contributed by atoms with E-state index in [-0.39, 0.29) is 0 Å². The smallest absolute Gasteiger partial charge is 0.156 e. The van der Waals surface area contributed by atoms with Crippen LogP contribution in [0.4, 0.5) is 0 Å². The van der Waals surface area contributed by atoms with Crippen molar-refractivity contribution in [3.63, 3.8) is 0 Å². The lowest BCUT2D eigenvalue weighted by Crippen LogP contribution is -2.35. The highest BCUT2D eigenvalue weighted by Crippen LogP contribution is 2.10. The fourth-order valence-electron chi connectivity index (χ4n) is 1.51. The molecule has 0 amide bonds. The Bertz CT molecular complexity index is 320. The van der Waals surface area contributed by atoms with E-state index in [1.165, 1.54) is 12.2 Å². The molecule has 0 aliphatic carbocycles. The van der Waals surface area contributed by atoms with Gasteiger partial charge in [-0.3, -0.25) is 4.99 Å². The second kappa shape index (κ2) is 5.21. The van der Waals surface area contributed by atoms with E-state index in [9.17, 15) is 0 Å². The molecule has 2 heterocycles. The van der Waals surface area contributed by atoms with Crippen molar-refractivity contribution in [3.05, 3.63) is 18.7 Å². The van der Waals surface area contributed by atoms with Crippen molar-refractivity contribution in [2.75, 3.05) is 12.3 Å². The number of amidine groups is 1. The summed E-state index contributed by atoms with van der Waals surface area (Å²) >= 11 is 1.82. The molecule has 1 aliphatic heterocycles. The highest BCUT2D eigenvalue weighted by Gasteiger charge is 2.09. The number of nitrogens with one attached hydrogen (secondary N) is 1. The molecule has 0 bridgehead atoms. The minimum atomic E-state index is 0.392. The van der Waals surface area contributed by atoms with Crippen LogP contribution in [0.25, 0.3) is 0 Å². The first-order valence-corrected chi connectivity index (χ1v) is 6.22. The number of hydrogen-bond acceptors (Lipinski definition) is 4. The van der Waals surface area contributed by atoms with Crippen LogP contribution in [-0.2, 0) is 6.54 Å². The van der Waals surface area contributed by atoms with Gasteiger partial charge < -0.3 is 9.88 Å². The lowest BCUT2D eigenvalue weighted by Gasteiger charge is -2.19. The molecule has 1 aromatic heterocycles. The van der Waals surface area contributed by atoms with Crippen molar-refractivity contribution < 1.29 is 0 Å².